The van der Waals surface area contributed by atoms with Crippen molar-refractivity contribution in [2.24, 2.45) is 0 Å². The molecule has 0 unspecified atom stereocenters. The molecular formula is C16H16ClN3O2S2. The van der Waals surface area contributed by atoms with Gasteiger partial charge < -0.3 is 10.1 Å². The molecule has 0 aromatic heterocycles. The Bertz CT molecular complexity index is 693. The molecule has 0 spiro atoms. The van der Waals surface area contributed by atoms with E-state index < -0.39 is 0 Å². The lowest BCUT2D eigenvalue weighted by molar-refractivity contribution is -0.119. The Hall–Kier alpha value is -1.96. The SMILES string of the molecule is COc1ccc(SCC(=O)NNC(=S)Nc2ccc(Cl)cc2)cc1. The summed E-state index contributed by atoms with van der Waals surface area (Å²) in [6.45, 7) is 0. The molecule has 5 nitrogen and oxygen atoms in total. The first-order valence-electron chi connectivity index (χ1n) is 6.95. The number of ether oxygens (including phenoxy) is 1. The summed E-state index contributed by atoms with van der Waals surface area (Å²) in [4.78, 5) is 12.8. The first-order chi connectivity index (χ1) is 11.6. The van der Waals surface area contributed by atoms with Gasteiger partial charge in [-0.15, -0.1) is 11.8 Å². The van der Waals surface area contributed by atoms with Gasteiger partial charge in [-0.3, -0.25) is 15.6 Å². The average molecular weight is 382 g/mol. The summed E-state index contributed by atoms with van der Waals surface area (Å²) in [5.41, 5.74) is 5.97. The van der Waals surface area contributed by atoms with Crippen LogP contribution in [0.1, 0.15) is 0 Å². The summed E-state index contributed by atoms with van der Waals surface area (Å²) in [5.74, 6) is 0.864. The van der Waals surface area contributed by atoms with E-state index in [-0.39, 0.29) is 11.7 Å². The minimum Gasteiger partial charge on any atom is -0.497 e. The molecule has 2 rings (SSSR count). The first kappa shape index (κ1) is 18.4. The lowest BCUT2D eigenvalue weighted by Crippen LogP contribution is -2.44. The molecule has 2 aromatic carbocycles. The van der Waals surface area contributed by atoms with Crippen molar-refractivity contribution in [3.8, 4) is 5.75 Å². The number of benzene rings is 2. The van der Waals surface area contributed by atoms with Crippen molar-refractivity contribution in [2.75, 3.05) is 18.2 Å². The smallest absolute Gasteiger partial charge is 0.248 e. The van der Waals surface area contributed by atoms with E-state index in [1.54, 1.807) is 31.4 Å². The summed E-state index contributed by atoms with van der Waals surface area (Å²) in [7, 11) is 1.61. The Labute approximate surface area is 155 Å². The highest BCUT2D eigenvalue weighted by Crippen LogP contribution is 2.20. The number of hydrogen-bond acceptors (Lipinski definition) is 4. The zero-order valence-corrected chi connectivity index (χ0v) is 15.2. The van der Waals surface area contributed by atoms with E-state index in [4.69, 9.17) is 28.6 Å². The fourth-order valence-corrected chi connectivity index (χ4v) is 2.67. The van der Waals surface area contributed by atoms with Crippen LogP contribution in [0.2, 0.25) is 5.02 Å². The third kappa shape index (κ3) is 6.27. The summed E-state index contributed by atoms with van der Waals surface area (Å²) in [6, 6.07) is 14.6. The van der Waals surface area contributed by atoms with Crippen LogP contribution in [0.25, 0.3) is 0 Å². The number of methoxy groups -OCH3 is 1. The monoisotopic (exact) mass is 381 g/mol. The summed E-state index contributed by atoms with van der Waals surface area (Å²) in [6.07, 6.45) is 0. The lowest BCUT2D eigenvalue weighted by atomic mass is 10.3. The van der Waals surface area contributed by atoms with E-state index in [1.165, 1.54) is 11.8 Å². The van der Waals surface area contributed by atoms with Crippen LogP contribution in [0.5, 0.6) is 5.75 Å². The predicted molar refractivity (Wildman–Crippen MR) is 103 cm³/mol. The Morgan fingerprint density at radius 1 is 1.12 bits per heavy atom. The lowest BCUT2D eigenvalue weighted by Gasteiger charge is -2.11. The van der Waals surface area contributed by atoms with Crippen molar-refractivity contribution >= 4 is 52.3 Å². The van der Waals surface area contributed by atoms with Gasteiger partial charge in [-0.2, -0.15) is 0 Å². The van der Waals surface area contributed by atoms with E-state index >= 15 is 0 Å². The second-order valence-corrected chi connectivity index (χ2v) is 6.49. The van der Waals surface area contributed by atoms with Gasteiger partial charge in [-0.1, -0.05) is 11.6 Å². The fraction of sp³-hybridized carbons (Fsp3) is 0.125. The van der Waals surface area contributed by atoms with E-state index in [9.17, 15) is 4.79 Å². The summed E-state index contributed by atoms with van der Waals surface area (Å²) >= 11 is 12.3. The molecule has 8 heteroatoms. The third-order valence-corrected chi connectivity index (χ3v) is 4.32. The molecule has 2 aromatic rings. The van der Waals surface area contributed by atoms with Gasteiger partial charge in [0.15, 0.2) is 5.11 Å². The van der Waals surface area contributed by atoms with Crippen LogP contribution < -0.4 is 20.9 Å². The number of rotatable bonds is 5. The van der Waals surface area contributed by atoms with Crippen molar-refractivity contribution in [2.45, 2.75) is 4.90 Å². The molecule has 0 aliphatic rings. The van der Waals surface area contributed by atoms with Gasteiger partial charge in [-0.05, 0) is 60.7 Å². The predicted octanol–water partition coefficient (Wildman–Crippen LogP) is 3.46. The van der Waals surface area contributed by atoms with Gasteiger partial charge in [0, 0.05) is 15.6 Å². The van der Waals surface area contributed by atoms with Crippen LogP contribution >= 0.6 is 35.6 Å². The number of thiocarbonyl (C=S) groups is 1. The van der Waals surface area contributed by atoms with E-state index in [0.29, 0.717) is 10.1 Å². The maximum Gasteiger partial charge on any atom is 0.248 e. The van der Waals surface area contributed by atoms with Gasteiger partial charge >= 0.3 is 0 Å². The number of thioether (sulfide) groups is 1. The van der Waals surface area contributed by atoms with Crippen molar-refractivity contribution in [1.82, 2.24) is 10.9 Å². The second-order valence-electron chi connectivity index (χ2n) is 4.60. The number of amides is 1. The number of halogens is 1. The topological polar surface area (TPSA) is 62.4 Å². The van der Waals surface area contributed by atoms with Crippen molar-refractivity contribution in [1.29, 1.82) is 0 Å². The fourth-order valence-electron chi connectivity index (χ4n) is 1.68. The molecule has 126 valence electrons. The minimum atomic E-state index is -0.184. The minimum absolute atomic E-state index is 0.184. The average Bonchev–Trinajstić information content (AvgIpc) is 2.60. The van der Waals surface area contributed by atoms with Crippen LogP contribution in [0, 0.1) is 0 Å². The molecule has 1 amide bonds. The molecule has 0 fully saturated rings. The third-order valence-electron chi connectivity index (χ3n) is 2.85. The molecule has 0 bridgehead atoms. The number of anilines is 1. The van der Waals surface area contributed by atoms with Crippen LogP contribution in [0.15, 0.2) is 53.4 Å². The molecule has 0 aliphatic carbocycles. The van der Waals surface area contributed by atoms with Crippen molar-refractivity contribution in [3.63, 3.8) is 0 Å². The van der Waals surface area contributed by atoms with Gasteiger partial charge in [0.1, 0.15) is 5.75 Å². The molecule has 0 heterocycles. The van der Waals surface area contributed by atoms with Crippen LogP contribution in [-0.2, 0) is 4.79 Å². The van der Waals surface area contributed by atoms with Crippen LogP contribution in [0.3, 0.4) is 0 Å². The second kappa shape index (κ2) is 9.36. The van der Waals surface area contributed by atoms with Gasteiger partial charge in [0.2, 0.25) is 5.91 Å². The van der Waals surface area contributed by atoms with Gasteiger partial charge in [0.25, 0.3) is 0 Å². The van der Waals surface area contributed by atoms with E-state index in [1.807, 2.05) is 24.3 Å². The number of carbonyl (C=O) groups is 1. The molecular weight excluding hydrogens is 366 g/mol. The quantitative estimate of drug-likeness (QED) is 0.419. The highest BCUT2D eigenvalue weighted by atomic mass is 35.5. The largest absolute Gasteiger partial charge is 0.497 e. The van der Waals surface area contributed by atoms with Crippen LogP contribution in [0.4, 0.5) is 5.69 Å². The Kier molecular flexibility index (Phi) is 7.17. The van der Waals surface area contributed by atoms with Crippen molar-refractivity contribution in [3.05, 3.63) is 53.6 Å². The molecule has 0 atom stereocenters. The molecule has 3 N–H and O–H groups in total. The Balaban J connectivity index is 1.70. The number of hydrazine groups is 1. The Morgan fingerprint density at radius 3 is 2.42 bits per heavy atom. The highest BCUT2D eigenvalue weighted by molar-refractivity contribution is 8.00. The standard InChI is InChI=1S/C16H16ClN3O2S2/c1-22-13-6-8-14(9-7-13)24-10-15(21)19-20-16(23)18-12-4-2-11(17)3-5-12/h2-9H,10H2,1H3,(H,19,21)(H2,18,20,23). The number of nitrogens with one attached hydrogen (secondary N) is 3. The molecule has 0 aliphatic heterocycles. The zero-order chi connectivity index (χ0) is 17.4. The summed E-state index contributed by atoms with van der Waals surface area (Å²) in [5, 5.41) is 3.87. The van der Waals surface area contributed by atoms with E-state index in [0.717, 1.165) is 16.3 Å². The first-order valence-corrected chi connectivity index (χ1v) is 8.72. The van der Waals surface area contributed by atoms with Crippen LogP contribution in [-0.4, -0.2) is 23.9 Å². The maximum absolute atomic E-state index is 11.8. The summed E-state index contributed by atoms with van der Waals surface area (Å²) < 4.78 is 5.09. The molecule has 0 saturated heterocycles. The van der Waals surface area contributed by atoms with Crippen molar-refractivity contribution < 1.29 is 9.53 Å². The number of hydrogen-bond donors (Lipinski definition) is 3. The molecule has 0 saturated carbocycles. The number of carbonyl (C=O) groups excluding carboxylic acids is 1. The Morgan fingerprint density at radius 2 is 1.79 bits per heavy atom. The maximum atomic E-state index is 11.8. The van der Waals surface area contributed by atoms with Gasteiger partial charge in [0.05, 0.1) is 12.9 Å². The molecule has 24 heavy (non-hydrogen) atoms. The highest BCUT2D eigenvalue weighted by Gasteiger charge is 2.04. The van der Waals surface area contributed by atoms with Gasteiger partial charge in [-0.25, -0.2) is 0 Å². The normalized spacial score (nSPS) is 9.92. The van der Waals surface area contributed by atoms with E-state index in [2.05, 4.69) is 16.2 Å². The zero-order valence-electron chi connectivity index (χ0n) is 12.8. The molecule has 0 radical (unpaired) electrons.